The first kappa shape index (κ1) is 16.3. The molecular formula is C19H20N6O. The number of fused-ring (bicyclic) bond motifs is 2. The fourth-order valence-corrected chi connectivity index (χ4v) is 3.91. The number of nitriles is 1. The van der Waals surface area contributed by atoms with Crippen LogP contribution in [0.25, 0.3) is 0 Å². The van der Waals surface area contributed by atoms with E-state index in [4.69, 9.17) is 0 Å². The van der Waals surface area contributed by atoms with Gasteiger partial charge >= 0.3 is 0 Å². The standard InChI is InChI=1S/C19H20N6O/c1-12-3-2-4-14(7-12)23-19-21-9-13(10-22-19)18(26)24-16-8-15-5-6-17(16)25(15)11-20/h2-4,7,9-10,15-17H,5-6,8H2,1H3,(H,24,26)(H,21,22,23). The second kappa shape index (κ2) is 6.64. The number of hydrogen-bond acceptors (Lipinski definition) is 6. The van der Waals surface area contributed by atoms with Crippen LogP contribution < -0.4 is 10.6 Å². The fourth-order valence-electron chi connectivity index (χ4n) is 3.91. The van der Waals surface area contributed by atoms with Gasteiger partial charge in [0.2, 0.25) is 5.95 Å². The Bertz CT molecular complexity index is 859. The molecule has 26 heavy (non-hydrogen) atoms. The maximum atomic E-state index is 12.5. The topological polar surface area (TPSA) is 93.9 Å². The van der Waals surface area contributed by atoms with E-state index in [-0.39, 0.29) is 24.0 Å². The molecule has 1 amide bonds. The molecule has 3 unspecified atom stereocenters. The summed E-state index contributed by atoms with van der Waals surface area (Å²) in [6.07, 6.45) is 8.12. The smallest absolute Gasteiger partial charge is 0.254 e. The second-order valence-corrected chi connectivity index (χ2v) is 6.91. The quantitative estimate of drug-likeness (QED) is 0.824. The molecule has 132 valence electrons. The van der Waals surface area contributed by atoms with Gasteiger partial charge in [-0.1, -0.05) is 12.1 Å². The average Bonchev–Trinajstić information content (AvgIpc) is 3.19. The van der Waals surface area contributed by atoms with Crippen LogP contribution in [0, 0.1) is 18.4 Å². The lowest BCUT2D eigenvalue weighted by molar-refractivity contribution is 0.0927. The Morgan fingerprint density at radius 1 is 1.31 bits per heavy atom. The van der Waals surface area contributed by atoms with Crippen LogP contribution in [0.15, 0.2) is 36.7 Å². The van der Waals surface area contributed by atoms with Gasteiger partial charge in [0.25, 0.3) is 5.91 Å². The molecular weight excluding hydrogens is 328 g/mol. The van der Waals surface area contributed by atoms with Crippen LogP contribution in [-0.2, 0) is 0 Å². The molecule has 0 spiro atoms. The zero-order valence-corrected chi connectivity index (χ0v) is 14.5. The highest BCUT2D eigenvalue weighted by Crippen LogP contribution is 2.37. The number of nitrogens with zero attached hydrogens (tertiary/aromatic N) is 4. The van der Waals surface area contributed by atoms with E-state index in [0.29, 0.717) is 11.5 Å². The highest BCUT2D eigenvalue weighted by Gasteiger charge is 2.46. The van der Waals surface area contributed by atoms with Crippen molar-refractivity contribution in [1.82, 2.24) is 20.2 Å². The molecule has 2 N–H and O–H groups in total. The summed E-state index contributed by atoms with van der Waals surface area (Å²) in [5, 5.41) is 15.4. The van der Waals surface area contributed by atoms with E-state index in [1.54, 1.807) is 0 Å². The van der Waals surface area contributed by atoms with E-state index in [2.05, 4.69) is 26.8 Å². The molecule has 4 rings (SSSR count). The van der Waals surface area contributed by atoms with Gasteiger partial charge in [0, 0.05) is 24.1 Å². The summed E-state index contributed by atoms with van der Waals surface area (Å²) in [4.78, 5) is 22.8. The van der Waals surface area contributed by atoms with Gasteiger partial charge in [0.1, 0.15) is 0 Å². The third-order valence-electron chi connectivity index (χ3n) is 5.16. The summed E-state index contributed by atoms with van der Waals surface area (Å²) in [6.45, 7) is 2.02. The minimum absolute atomic E-state index is 0.0194. The minimum Gasteiger partial charge on any atom is -0.347 e. The Labute approximate surface area is 152 Å². The lowest BCUT2D eigenvalue weighted by Gasteiger charge is -2.21. The van der Waals surface area contributed by atoms with Crippen molar-refractivity contribution < 1.29 is 4.79 Å². The number of nitrogens with one attached hydrogen (secondary N) is 2. The highest BCUT2D eigenvalue weighted by molar-refractivity contribution is 5.94. The SMILES string of the molecule is Cc1cccc(Nc2ncc(C(=O)NC3CC4CCC3N4C#N)cn2)c1. The Kier molecular flexibility index (Phi) is 4.17. The summed E-state index contributed by atoms with van der Waals surface area (Å²) in [6, 6.07) is 8.32. The van der Waals surface area contributed by atoms with Crippen molar-refractivity contribution in [3.05, 3.63) is 47.8 Å². The van der Waals surface area contributed by atoms with E-state index < -0.39 is 0 Å². The monoisotopic (exact) mass is 348 g/mol. The maximum Gasteiger partial charge on any atom is 0.254 e. The number of hydrogen-bond donors (Lipinski definition) is 2. The van der Waals surface area contributed by atoms with Gasteiger partial charge in [-0.3, -0.25) is 4.79 Å². The van der Waals surface area contributed by atoms with Gasteiger partial charge in [-0.05, 0) is 43.9 Å². The second-order valence-electron chi connectivity index (χ2n) is 6.91. The number of amides is 1. The minimum atomic E-state index is -0.192. The van der Waals surface area contributed by atoms with Crippen LogP contribution in [0.1, 0.15) is 35.2 Å². The molecule has 2 aliphatic rings. The van der Waals surface area contributed by atoms with Gasteiger partial charge < -0.3 is 15.5 Å². The number of rotatable bonds is 4. The Balaban J connectivity index is 1.39. The van der Waals surface area contributed by atoms with Crippen LogP contribution in [0.5, 0.6) is 0 Å². The van der Waals surface area contributed by atoms with Crippen molar-refractivity contribution >= 4 is 17.5 Å². The molecule has 7 nitrogen and oxygen atoms in total. The molecule has 2 aromatic rings. The molecule has 1 aromatic heterocycles. The van der Waals surface area contributed by atoms with E-state index in [1.807, 2.05) is 36.1 Å². The maximum absolute atomic E-state index is 12.5. The first-order valence-electron chi connectivity index (χ1n) is 8.79. The summed E-state index contributed by atoms with van der Waals surface area (Å²) >= 11 is 0. The van der Waals surface area contributed by atoms with Crippen molar-refractivity contribution in [3.8, 4) is 6.19 Å². The lowest BCUT2D eigenvalue weighted by Crippen LogP contribution is -2.43. The highest BCUT2D eigenvalue weighted by atomic mass is 16.1. The molecule has 2 bridgehead atoms. The van der Waals surface area contributed by atoms with Crippen molar-refractivity contribution in [2.24, 2.45) is 0 Å². The number of carbonyl (C=O) groups is 1. The Hall–Kier alpha value is -3.14. The van der Waals surface area contributed by atoms with Crippen molar-refractivity contribution in [2.75, 3.05) is 5.32 Å². The fraction of sp³-hybridized carbons (Fsp3) is 0.368. The Morgan fingerprint density at radius 2 is 2.12 bits per heavy atom. The molecule has 3 heterocycles. The predicted octanol–water partition coefficient (Wildman–Crippen LogP) is 2.34. The zero-order valence-electron chi connectivity index (χ0n) is 14.5. The van der Waals surface area contributed by atoms with E-state index >= 15 is 0 Å². The lowest BCUT2D eigenvalue weighted by atomic mass is 9.95. The summed E-state index contributed by atoms with van der Waals surface area (Å²) < 4.78 is 0. The molecule has 0 radical (unpaired) electrons. The van der Waals surface area contributed by atoms with Crippen molar-refractivity contribution in [2.45, 2.75) is 44.3 Å². The predicted molar refractivity (Wildman–Crippen MR) is 96.6 cm³/mol. The van der Waals surface area contributed by atoms with Crippen LogP contribution in [-0.4, -0.2) is 38.9 Å². The van der Waals surface area contributed by atoms with Crippen molar-refractivity contribution in [3.63, 3.8) is 0 Å². The molecule has 2 fully saturated rings. The van der Waals surface area contributed by atoms with Crippen LogP contribution >= 0.6 is 0 Å². The number of benzene rings is 1. The summed E-state index contributed by atoms with van der Waals surface area (Å²) in [7, 11) is 0. The van der Waals surface area contributed by atoms with Gasteiger partial charge in [-0.15, -0.1) is 0 Å². The molecule has 2 aliphatic heterocycles. The molecule has 1 aromatic carbocycles. The van der Waals surface area contributed by atoms with Crippen LogP contribution in [0.4, 0.5) is 11.6 Å². The third-order valence-corrected chi connectivity index (χ3v) is 5.16. The molecule has 7 heteroatoms. The Morgan fingerprint density at radius 3 is 2.81 bits per heavy atom. The van der Waals surface area contributed by atoms with E-state index in [9.17, 15) is 10.1 Å². The van der Waals surface area contributed by atoms with Gasteiger partial charge in [-0.2, -0.15) is 5.26 Å². The third kappa shape index (κ3) is 3.06. The van der Waals surface area contributed by atoms with Gasteiger partial charge in [0.05, 0.1) is 17.6 Å². The van der Waals surface area contributed by atoms with Crippen LogP contribution in [0.2, 0.25) is 0 Å². The van der Waals surface area contributed by atoms with E-state index in [0.717, 1.165) is 30.5 Å². The zero-order chi connectivity index (χ0) is 18.1. The summed E-state index contributed by atoms with van der Waals surface area (Å²) in [5.41, 5.74) is 2.47. The molecule has 0 saturated carbocycles. The molecule has 3 atom stereocenters. The molecule has 2 saturated heterocycles. The number of aryl methyl sites for hydroxylation is 1. The normalized spacial score (nSPS) is 23.5. The van der Waals surface area contributed by atoms with Gasteiger partial charge in [0.15, 0.2) is 6.19 Å². The van der Waals surface area contributed by atoms with Crippen molar-refractivity contribution in [1.29, 1.82) is 5.26 Å². The first-order chi connectivity index (χ1) is 12.6. The largest absolute Gasteiger partial charge is 0.347 e. The molecule has 0 aliphatic carbocycles. The number of anilines is 2. The van der Waals surface area contributed by atoms with Crippen LogP contribution in [0.3, 0.4) is 0 Å². The van der Waals surface area contributed by atoms with E-state index in [1.165, 1.54) is 12.4 Å². The van der Waals surface area contributed by atoms with Gasteiger partial charge in [-0.25, -0.2) is 9.97 Å². The average molecular weight is 348 g/mol. The number of aromatic nitrogens is 2. The summed E-state index contributed by atoms with van der Waals surface area (Å²) in [5.74, 6) is 0.255. The first-order valence-corrected chi connectivity index (χ1v) is 8.79. The number of carbonyl (C=O) groups excluding carboxylic acids is 1.